The van der Waals surface area contributed by atoms with Crippen LogP contribution in [0.5, 0.6) is 0 Å². The molecule has 2 aromatic rings. The van der Waals surface area contributed by atoms with Crippen molar-refractivity contribution in [2.45, 2.75) is 17.9 Å². The molecule has 0 bridgehead atoms. The number of nitrogens with zero attached hydrogens (tertiary/aromatic N) is 2. The van der Waals surface area contributed by atoms with Crippen LogP contribution in [0, 0.1) is 5.82 Å². The number of benzene rings is 1. The number of thioether (sulfide) groups is 1. The highest BCUT2D eigenvalue weighted by molar-refractivity contribution is 7.99. The monoisotopic (exact) mass is 279 g/mol. The van der Waals surface area contributed by atoms with Gasteiger partial charge in [-0.25, -0.2) is 4.39 Å². The van der Waals surface area contributed by atoms with E-state index in [0.29, 0.717) is 0 Å². The van der Waals surface area contributed by atoms with Crippen molar-refractivity contribution in [3.63, 3.8) is 0 Å². The number of aryl methyl sites for hydroxylation is 1. The first kappa shape index (κ1) is 14.1. The Morgan fingerprint density at radius 2 is 2.32 bits per heavy atom. The van der Waals surface area contributed by atoms with E-state index in [2.05, 4.69) is 17.3 Å². The van der Waals surface area contributed by atoms with E-state index in [9.17, 15) is 4.39 Å². The van der Waals surface area contributed by atoms with Gasteiger partial charge in [0.2, 0.25) is 0 Å². The highest BCUT2D eigenvalue weighted by Gasteiger charge is 2.12. The second kappa shape index (κ2) is 6.73. The van der Waals surface area contributed by atoms with Crippen molar-refractivity contribution in [3.8, 4) is 0 Å². The molecule has 0 aliphatic rings. The summed E-state index contributed by atoms with van der Waals surface area (Å²) in [6.07, 6.45) is 3.89. The molecule has 102 valence electrons. The van der Waals surface area contributed by atoms with Gasteiger partial charge in [0.25, 0.3) is 0 Å². The summed E-state index contributed by atoms with van der Waals surface area (Å²) < 4.78 is 14.9. The van der Waals surface area contributed by atoms with E-state index in [1.165, 1.54) is 6.07 Å². The fourth-order valence-electron chi connectivity index (χ4n) is 1.88. The summed E-state index contributed by atoms with van der Waals surface area (Å²) in [6, 6.07) is 6.93. The zero-order valence-corrected chi connectivity index (χ0v) is 12.0. The molecule has 0 aliphatic carbocycles. The lowest BCUT2D eigenvalue weighted by Gasteiger charge is -2.15. The Balaban J connectivity index is 2.01. The van der Waals surface area contributed by atoms with E-state index in [4.69, 9.17) is 0 Å². The molecule has 0 saturated heterocycles. The van der Waals surface area contributed by atoms with Crippen LogP contribution in [0.25, 0.3) is 0 Å². The molecule has 1 aromatic carbocycles. The summed E-state index contributed by atoms with van der Waals surface area (Å²) in [7, 11) is 1.91. The van der Waals surface area contributed by atoms with Crippen LogP contribution in [-0.4, -0.2) is 22.1 Å². The largest absolute Gasteiger partial charge is 0.309 e. The average molecular weight is 279 g/mol. The number of hydrogen-bond acceptors (Lipinski definition) is 3. The Morgan fingerprint density at radius 1 is 1.47 bits per heavy atom. The van der Waals surface area contributed by atoms with Gasteiger partial charge in [-0.15, -0.1) is 11.8 Å². The van der Waals surface area contributed by atoms with E-state index in [-0.39, 0.29) is 11.9 Å². The summed E-state index contributed by atoms with van der Waals surface area (Å²) in [6.45, 7) is 2.97. The summed E-state index contributed by atoms with van der Waals surface area (Å²) in [5.41, 5.74) is 1.16. The Labute approximate surface area is 117 Å². The van der Waals surface area contributed by atoms with Gasteiger partial charge in [-0.2, -0.15) is 5.10 Å². The molecule has 1 atom stereocenters. The molecule has 5 heteroatoms. The lowest BCUT2D eigenvalue weighted by molar-refractivity contribution is 0.604. The number of aromatic nitrogens is 2. The molecule has 1 unspecified atom stereocenters. The zero-order chi connectivity index (χ0) is 13.7. The first-order chi connectivity index (χ1) is 9.19. The van der Waals surface area contributed by atoms with Gasteiger partial charge in [-0.1, -0.05) is 13.0 Å². The van der Waals surface area contributed by atoms with Crippen LogP contribution >= 0.6 is 11.8 Å². The van der Waals surface area contributed by atoms with Crippen molar-refractivity contribution < 1.29 is 4.39 Å². The van der Waals surface area contributed by atoms with Crippen LogP contribution in [0.1, 0.15) is 18.5 Å². The maximum atomic E-state index is 13.1. The zero-order valence-electron chi connectivity index (χ0n) is 11.1. The predicted molar refractivity (Wildman–Crippen MR) is 76.7 cm³/mol. The van der Waals surface area contributed by atoms with E-state index in [0.717, 1.165) is 22.8 Å². The van der Waals surface area contributed by atoms with Gasteiger partial charge >= 0.3 is 0 Å². The number of nitrogens with one attached hydrogen (secondary N) is 1. The van der Waals surface area contributed by atoms with Crippen LogP contribution in [0.3, 0.4) is 0 Å². The van der Waals surface area contributed by atoms with Crippen molar-refractivity contribution in [2.24, 2.45) is 7.05 Å². The standard InChI is InChI=1S/C14H18FN3S/c1-3-16-14(11-8-17-18(2)9-11)10-19-13-6-4-5-12(15)7-13/h4-9,14,16H,3,10H2,1-2H3. The third-order valence-electron chi connectivity index (χ3n) is 2.79. The predicted octanol–water partition coefficient (Wildman–Crippen LogP) is 3.00. The van der Waals surface area contributed by atoms with E-state index < -0.39 is 0 Å². The smallest absolute Gasteiger partial charge is 0.124 e. The average Bonchev–Trinajstić information content (AvgIpc) is 2.81. The van der Waals surface area contributed by atoms with E-state index in [1.54, 1.807) is 28.6 Å². The molecular weight excluding hydrogens is 261 g/mol. The molecule has 1 aromatic heterocycles. The summed E-state index contributed by atoms with van der Waals surface area (Å²) in [5, 5.41) is 7.63. The number of rotatable bonds is 6. The molecule has 1 heterocycles. The van der Waals surface area contributed by atoms with Crippen LogP contribution in [0.15, 0.2) is 41.6 Å². The minimum atomic E-state index is -0.189. The highest BCUT2D eigenvalue weighted by atomic mass is 32.2. The van der Waals surface area contributed by atoms with E-state index >= 15 is 0 Å². The fraction of sp³-hybridized carbons (Fsp3) is 0.357. The molecule has 0 amide bonds. The molecule has 0 saturated carbocycles. The molecule has 0 aliphatic heterocycles. The SMILES string of the molecule is CCNC(CSc1cccc(F)c1)c1cnn(C)c1. The van der Waals surface area contributed by atoms with Crippen LogP contribution in [0.2, 0.25) is 0 Å². The van der Waals surface area contributed by atoms with Gasteiger partial charge in [-0.3, -0.25) is 4.68 Å². The topological polar surface area (TPSA) is 29.9 Å². The second-order valence-corrected chi connectivity index (χ2v) is 5.42. The Kier molecular flexibility index (Phi) is 4.99. The van der Waals surface area contributed by atoms with Crippen molar-refractivity contribution in [1.29, 1.82) is 0 Å². The quantitative estimate of drug-likeness (QED) is 0.824. The Morgan fingerprint density at radius 3 is 2.95 bits per heavy atom. The first-order valence-corrected chi connectivity index (χ1v) is 7.28. The number of hydrogen-bond donors (Lipinski definition) is 1. The lowest BCUT2D eigenvalue weighted by atomic mass is 10.2. The first-order valence-electron chi connectivity index (χ1n) is 6.29. The van der Waals surface area contributed by atoms with Gasteiger partial charge in [0.1, 0.15) is 5.82 Å². The molecule has 0 radical (unpaired) electrons. The maximum absolute atomic E-state index is 13.1. The van der Waals surface area contributed by atoms with Crippen molar-refractivity contribution in [3.05, 3.63) is 48.0 Å². The van der Waals surface area contributed by atoms with Crippen molar-refractivity contribution in [2.75, 3.05) is 12.3 Å². The highest BCUT2D eigenvalue weighted by Crippen LogP contribution is 2.25. The van der Waals surface area contributed by atoms with Crippen molar-refractivity contribution >= 4 is 11.8 Å². The summed E-state index contributed by atoms with van der Waals surface area (Å²) in [5.74, 6) is 0.662. The summed E-state index contributed by atoms with van der Waals surface area (Å²) >= 11 is 1.65. The third-order valence-corrected chi connectivity index (χ3v) is 3.88. The van der Waals surface area contributed by atoms with Crippen LogP contribution in [0.4, 0.5) is 4.39 Å². The van der Waals surface area contributed by atoms with Gasteiger partial charge < -0.3 is 5.32 Å². The fourth-order valence-corrected chi connectivity index (χ4v) is 2.92. The summed E-state index contributed by atoms with van der Waals surface area (Å²) in [4.78, 5) is 0.951. The molecule has 0 fully saturated rings. The minimum absolute atomic E-state index is 0.189. The third kappa shape index (κ3) is 4.08. The molecule has 1 N–H and O–H groups in total. The van der Waals surface area contributed by atoms with Gasteiger partial charge in [0.15, 0.2) is 0 Å². The molecule has 3 nitrogen and oxygen atoms in total. The minimum Gasteiger partial charge on any atom is -0.309 e. The maximum Gasteiger partial charge on any atom is 0.124 e. The van der Waals surface area contributed by atoms with E-state index in [1.807, 2.05) is 25.5 Å². The Hall–Kier alpha value is -1.33. The molecular formula is C14H18FN3S. The van der Waals surface area contributed by atoms with Gasteiger partial charge in [0, 0.05) is 35.5 Å². The lowest BCUT2D eigenvalue weighted by Crippen LogP contribution is -2.22. The molecule has 0 spiro atoms. The molecule has 19 heavy (non-hydrogen) atoms. The van der Waals surface area contributed by atoms with Crippen molar-refractivity contribution in [1.82, 2.24) is 15.1 Å². The van der Waals surface area contributed by atoms with Crippen LogP contribution < -0.4 is 5.32 Å². The molecule has 2 rings (SSSR count). The number of halogens is 1. The normalized spacial score (nSPS) is 12.6. The van der Waals surface area contributed by atoms with Crippen LogP contribution in [-0.2, 0) is 7.05 Å². The van der Waals surface area contributed by atoms with Gasteiger partial charge in [-0.05, 0) is 24.7 Å². The Bertz CT molecular complexity index is 527. The van der Waals surface area contributed by atoms with Gasteiger partial charge in [0.05, 0.1) is 6.20 Å². The second-order valence-electron chi connectivity index (χ2n) is 4.33.